The highest BCUT2D eigenvalue weighted by atomic mass is 16.4. The summed E-state index contributed by atoms with van der Waals surface area (Å²) in [6, 6.07) is 0.189. The summed E-state index contributed by atoms with van der Waals surface area (Å²) in [4.78, 5) is 13.0. The fourth-order valence-corrected chi connectivity index (χ4v) is 2.35. The molecule has 12 heavy (non-hydrogen) atoms. The normalized spacial score (nSPS) is 40.1. The van der Waals surface area contributed by atoms with E-state index in [0.717, 1.165) is 13.0 Å². The molecule has 1 N–H and O–H groups in total. The topological polar surface area (TPSA) is 40.5 Å². The monoisotopic (exact) mass is 169 g/mol. The molecule has 68 valence electrons. The van der Waals surface area contributed by atoms with Gasteiger partial charge in [-0.15, -0.1) is 0 Å². The molecule has 2 rings (SSSR count). The van der Waals surface area contributed by atoms with Gasteiger partial charge in [0.05, 0.1) is 0 Å². The van der Waals surface area contributed by atoms with Gasteiger partial charge in [0, 0.05) is 12.6 Å². The molecule has 0 amide bonds. The van der Waals surface area contributed by atoms with Gasteiger partial charge in [-0.25, -0.2) is 0 Å². The van der Waals surface area contributed by atoms with Crippen LogP contribution in [0.25, 0.3) is 0 Å². The van der Waals surface area contributed by atoms with Gasteiger partial charge >= 0.3 is 5.97 Å². The van der Waals surface area contributed by atoms with E-state index in [1.165, 1.54) is 0 Å². The van der Waals surface area contributed by atoms with Crippen molar-refractivity contribution in [1.82, 2.24) is 4.90 Å². The molecule has 3 atom stereocenters. The second kappa shape index (κ2) is 2.46. The molecule has 0 aromatic heterocycles. The van der Waals surface area contributed by atoms with E-state index in [9.17, 15) is 4.79 Å². The number of likely N-dealkylation sites (tertiary alicyclic amines) is 1. The Kier molecular flexibility index (Phi) is 1.65. The number of fused-ring (bicyclic) bond motifs is 1. The molecule has 0 aromatic carbocycles. The minimum atomic E-state index is -0.631. The Morgan fingerprint density at radius 3 is 2.67 bits per heavy atom. The predicted octanol–water partition coefficient (Wildman–Crippen LogP) is 0.800. The molecule has 2 aliphatic rings. The van der Waals surface area contributed by atoms with Gasteiger partial charge in [0.1, 0.15) is 6.04 Å². The van der Waals surface area contributed by atoms with E-state index in [1.54, 1.807) is 0 Å². The largest absolute Gasteiger partial charge is 0.480 e. The summed E-state index contributed by atoms with van der Waals surface area (Å²) < 4.78 is 0. The zero-order valence-corrected chi connectivity index (χ0v) is 7.53. The lowest BCUT2D eigenvalue weighted by Gasteiger charge is -2.27. The van der Waals surface area contributed by atoms with Crippen LogP contribution in [0.3, 0.4) is 0 Å². The third-order valence-corrected chi connectivity index (χ3v) is 3.10. The van der Waals surface area contributed by atoms with Crippen LogP contribution < -0.4 is 0 Å². The van der Waals surface area contributed by atoms with Crippen molar-refractivity contribution in [1.29, 1.82) is 0 Å². The number of hydrogen-bond acceptors (Lipinski definition) is 2. The maximum atomic E-state index is 10.9. The van der Waals surface area contributed by atoms with Gasteiger partial charge < -0.3 is 5.11 Å². The van der Waals surface area contributed by atoms with Crippen molar-refractivity contribution >= 4 is 5.97 Å². The Morgan fingerprint density at radius 1 is 1.58 bits per heavy atom. The molecule has 0 aromatic rings. The Hall–Kier alpha value is -0.570. The highest BCUT2D eigenvalue weighted by molar-refractivity contribution is 5.75. The molecule has 3 unspecified atom stereocenters. The standard InChI is InChI=1S/C9H15NO2/c1-5(2)10-4-6-3-7(6)8(10)9(11)12/h5-8H,3-4H2,1-2H3,(H,11,12). The molecule has 0 spiro atoms. The van der Waals surface area contributed by atoms with Crippen molar-refractivity contribution in [2.45, 2.75) is 32.4 Å². The fourth-order valence-electron chi connectivity index (χ4n) is 2.35. The van der Waals surface area contributed by atoms with E-state index in [4.69, 9.17) is 5.11 Å². The Balaban J connectivity index is 2.11. The first-order valence-corrected chi connectivity index (χ1v) is 4.60. The van der Waals surface area contributed by atoms with Crippen molar-refractivity contribution < 1.29 is 9.90 Å². The molecule has 0 radical (unpaired) electrons. The first-order valence-electron chi connectivity index (χ1n) is 4.60. The maximum Gasteiger partial charge on any atom is 0.321 e. The molecular formula is C9H15NO2. The summed E-state index contributed by atoms with van der Waals surface area (Å²) in [5.74, 6) is 0.520. The third-order valence-electron chi connectivity index (χ3n) is 3.10. The minimum absolute atomic E-state index is 0.185. The summed E-state index contributed by atoms with van der Waals surface area (Å²) in [6.45, 7) is 5.14. The predicted molar refractivity (Wildman–Crippen MR) is 44.9 cm³/mol. The Labute approximate surface area is 72.4 Å². The number of aliphatic carboxylic acids is 1. The second-order valence-corrected chi connectivity index (χ2v) is 4.23. The zero-order valence-electron chi connectivity index (χ0n) is 7.53. The van der Waals surface area contributed by atoms with E-state index in [2.05, 4.69) is 18.7 Å². The summed E-state index contributed by atoms with van der Waals surface area (Å²) >= 11 is 0. The van der Waals surface area contributed by atoms with E-state index >= 15 is 0 Å². The van der Waals surface area contributed by atoms with Crippen molar-refractivity contribution in [3.05, 3.63) is 0 Å². The van der Waals surface area contributed by atoms with E-state index in [0.29, 0.717) is 17.9 Å². The van der Waals surface area contributed by atoms with Crippen LogP contribution in [0.4, 0.5) is 0 Å². The van der Waals surface area contributed by atoms with Gasteiger partial charge in [-0.3, -0.25) is 9.69 Å². The van der Waals surface area contributed by atoms with E-state index < -0.39 is 5.97 Å². The highest BCUT2D eigenvalue weighted by Gasteiger charge is 2.55. The summed E-state index contributed by atoms with van der Waals surface area (Å²) in [5.41, 5.74) is 0. The molecule has 3 nitrogen and oxygen atoms in total. The summed E-state index contributed by atoms with van der Waals surface area (Å²) in [6.07, 6.45) is 1.14. The lowest BCUT2D eigenvalue weighted by molar-refractivity contribution is -0.143. The van der Waals surface area contributed by atoms with Crippen molar-refractivity contribution in [2.75, 3.05) is 6.54 Å². The smallest absolute Gasteiger partial charge is 0.321 e. The molecule has 0 bridgehead atoms. The second-order valence-electron chi connectivity index (χ2n) is 4.23. The van der Waals surface area contributed by atoms with Crippen molar-refractivity contribution in [2.24, 2.45) is 11.8 Å². The fraction of sp³-hybridized carbons (Fsp3) is 0.889. The molecule has 2 fully saturated rings. The molecule has 3 heteroatoms. The lowest BCUT2D eigenvalue weighted by atomic mass is 10.1. The molecule has 1 aliphatic carbocycles. The van der Waals surface area contributed by atoms with Crippen molar-refractivity contribution in [3.8, 4) is 0 Å². The van der Waals surface area contributed by atoms with Crippen LogP contribution in [0.1, 0.15) is 20.3 Å². The van der Waals surface area contributed by atoms with Gasteiger partial charge in [-0.1, -0.05) is 0 Å². The van der Waals surface area contributed by atoms with Gasteiger partial charge in [0.25, 0.3) is 0 Å². The number of carbonyl (C=O) groups is 1. The van der Waals surface area contributed by atoms with Crippen molar-refractivity contribution in [3.63, 3.8) is 0 Å². The van der Waals surface area contributed by atoms with E-state index in [1.807, 2.05) is 0 Å². The van der Waals surface area contributed by atoms with Gasteiger partial charge in [-0.05, 0) is 32.1 Å². The highest BCUT2D eigenvalue weighted by Crippen LogP contribution is 2.50. The third kappa shape index (κ3) is 1.04. The zero-order chi connectivity index (χ0) is 8.88. The number of carboxylic acid groups (broad SMARTS) is 1. The van der Waals surface area contributed by atoms with Gasteiger partial charge in [0.15, 0.2) is 0 Å². The van der Waals surface area contributed by atoms with Gasteiger partial charge in [0.2, 0.25) is 0 Å². The molecule has 1 saturated heterocycles. The SMILES string of the molecule is CC(C)N1CC2CC2C1C(=O)O. The number of hydrogen-bond donors (Lipinski definition) is 1. The molecular weight excluding hydrogens is 154 g/mol. The Morgan fingerprint density at radius 2 is 2.25 bits per heavy atom. The molecule has 1 aliphatic heterocycles. The van der Waals surface area contributed by atoms with E-state index in [-0.39, 0.29) is 6.04 Å². The first kappa shape index (κ1) is 8.05. The van der Waals surface area contributed by atoms with Crippen LogP contribution in [-0.4, -0.2) is 34.6 Å². The van der Waals surface area contributed by atoms with Crippen LogP contribution >= 0.6 is 0 Å². The van der Waals surface area contributed by atoms with Gasteiger partial charge in [-0.2, -0.15) is 0 Å². The lowest BCUT2D eigenvalue weighted by Crippen LogP contribution is -2.43. The minimum Gasteiger partial charge on any atom is -0.480 e. The van der Waals surface area contributed by atoms with Crippen LogP contribution in [0, 0.1) is 11.8 Å². The quantitative estimate of drug-likeness (QED) is 0.664. The Bertz CT molecular complexity index is 215. The number of nitrogens with zero attached hydrogens (tertiary/aromatic N) is 1. The van der Waals surface area contributed by atoms with Crippen LogP contribution in [0.15, 0.2) is 0 Å². The summed E-state index contributed by atoms with van der Waals surface area (Å²) in [7, 11) is 0. The number of piperidine rings is 1. The first-order chi connectivity index (χ1) is 5.61. The average molecular weight is 169 g/mol. The maximum absolute atomic E-state index is 10.9. The summed E-state index contributed by atoms with van der Waals surface area (Å²) in [5, 5.41) is 8.99. The van der Waals surface area contributed by atoms with Crippen LogP contribution in [0.5, 0.6) is 0 Å². The number of carboxylic acids is 1. The molecule has 1 saturated carbocycles. The van der Waals surface area contributed by atoms with Crippen LogP contribution in [-0.2, 0) is 4.79 Å². The van der Waals surface area contributed by atoms with Crippen LogP contribution in [0.2, 0.25) is 0 Å². The number of rotatable bonds is 2. The average Bonchev–Trinajstić information content (AvgIpc) is 2.60. The molecule has 1 heterocycles.